The van der Waals surface area contributed by atoms with Crippen LogP contribution in [0, 0.1) is 11.8 Å². The van der Waals surface area contributed by atoms with E-state index in [2.05, 4.69) is 30.9 Å². The van der Waals surface area contributed by atoms with Gasteiger partial charge in [0.2, 0.25) is 0 Å². The smallest absolute Gasteiger partial charge is 0.0642 e. The Balaban J connectivity index is 2.07. The minimum Gasteiger partial charge on any atom is -0.370 e. The third kappa shape index (κ3) is 3.43. The van der Waals surface area contributed by atoms with Crippen molar-refractivity contribution in [2.45, 2.75) is 39.7 Å². The Morgan fingerprint density at radius 1 is 1.21 bits per heavy atom. The molecule has 1 unspecified atom stereocenters. The lowest BCUT2D eigenvalue weighted by Gasteiger charge is -2.35. The van der Waals surface area contributed by atoms with Crippen LogP contribution in [0.25, 0.3) is 0 Å². The molecule has 106 valence electrons. The first-order chi connectivity index (χ1) is 8.99. The molecule has 0 radical (unpaired) electrons. The van der Waals surface area contributed by atoms with E-state index in [1.165, 1.54) is 12.8 Å². The first-order valence-electron chi connectivity index (χ1n) is 7.29. The zero-order valence-corrected chi connectivity index (χ0v) is 13.0. The Hall–Kier alpha value is -0.730. The standard InChI is InChI=1S/C16H25ClN2/c1-11(2)13-6-8-19(9-7-13)16-5-4-14(12(3)18)10-15(16)17/h4-5,10-13H,6-9,18H2,1-3H3. The molecular formula is C16H25ClN2. The predicted molar refractivity (Wildman–Crippen MR) is 83.8 cm³/mol. The molecule has 0 aliphatic carbocycles. The molecule has 1 atom stereocenters. The van der Waals surface area contributed by atoms with E-state index in [1.54, 1.807) is 0 Å². The number of halogens is 1. The van der Waals surface area contributed by atoms with Crippen molar-refractivity contribution in [3.05, 3.63) is 28.8 Å². The molecule has 2 rings (SSSR count). The van der Waals surface area contributed by atoms with E-state index in [1.807, 2.05) is 13.0 Å². The Morgan fingerprint density at radius 3 is 2.32 bits per heavy atom. The molecule has 2 N–H and O–H groups in total. The van der Waals surface area contributed by atoms with Gasteiger partial charge in [0.1, 0.15) is 0 Å². The fraction of sp³-hybridized carbons (Fsp3) is 0.625. The molecule has 1 saturated heterocycles. The minimum atomic E-state index is 0.0400. The van der Waals surface area contributed by atoms with E-state index in [9.17, 15) is 0 Å². The summed E-state index contributed by atoms with van der Waals surface area (Å²) >= 11 is 6.41. The normalized spacial score (nSPS) is 18.9. The molecule has 1 aliphatic heterocycles. The van der Waals surface area contributed by atoms with Crippen molar-refractivity contribution in [2.75, 3.05) is 18.0 Å². The molecular weight excluding hydrogens is 256 g/mol. The molecule has 0 aromatic heterocycles. The molecule has 1 aromatic carbocycles. The van der Waals surface area contributed by atoms with Gasteiger partial charge in [-0.1, -0.05) is 31.5 Å². The Bertz CT molecular complexity index is 421. The van der Waals surface area contributed by atoms with E-state index < -0.39 is 0 Å². The van der Waals surface area contributed by atoms with Crippen LogP contribution in [-0.2, 0) is 0 Å². The molecule has 3 heteroatoms. The lowest BCUT2D eigenvalue weighted by Crippen LogP contribution is -2.35. The molecule has 1 aromatic rings. The molecule has 1 fully saturated rings. The summed E-state index contributed by atoms with van der Waals surface area (Å²) in [6, 6.07) is 6.27. The maximum absolute atomic E-state index is 6.41. The summed E-state index contributed by atoms with van der Waals surface area (Å²) in [6.45, 7) is 8.86. The number of hydrogen-bond acceptors (Lipinski definition) is 2. The van der Waals surface area contributed by atoms with Gasteiger partial charge >= 0.3 is 0 Å². The fourth-order valence-electron chi connectivity index (χ4n) is 2.87. The van der Waals surface area contributed by atoms with Gasteiger partial charge in [-0.3, -0.25) is 0 Å². The van der Waals surface area contributed by atoms with Gasteiger partial charge < -0.3 is 10.6 Å². The van der Waals surface area contributed by atoms with Crippen molar-refractivity contribution in [3.63, 3.8) is 0 Å². The highest BCUT2D eigenvalue weighted by Gasteiger charge is 2.22. The van der Waals surface area contributed by atoms with E-state index in [0.717, 1.165) is 41.2 Å². The van der Waals surface area contributed by atoms with Gasteiger partial charge in [-0.2, -0.15) is 0 Å². The first kappa shape index (κ1) is 14.7. The molecule has 2 nitrogen and oxygen atoms in total. The average molecular weight is 281 g/mol. The highest BCUT2D eigenvalue weighted by atomic mass is 35.5. The van der Waals surface area contributed by atoms with Crippen molar-refractivity contribution in [3.8, 4) is 0 Å². The molecule has 1 aliphatic rings. The topological polar surface area (TPSA) is 29.3 Å². The molecule has 0 spiro atoms. The maximum atomic E-state index is 6.41. The second-order valence-corrected chi connectivity index (χ2v) is 6.48. The van der Waals surface area contributed by atoms with Gasteiger partial charge in [-0.05, 0) is 49.3 Å². The summed E-state index contributed by atoms with van der Waals surface area (Å²) in [5, 5.41) is 0.831. The largest absolute Gasteiger partial charge is 0.370 e. The van der Waals surface area contributed by atoms with Gasteiger partial charge in [0.25, 0.3) is 0 Å². The van der Waals surface area contributed by atoms with Crippen molar-refractivity contribution in [1.29, 1.82) is 0 Å². The number of piperidine rings is 1. The highest BCUT2D eigenvalue weighted by Crippen LogP contribution is 2.33. The van der Waals surface area contributed by atoms with Crippen LogP contribution >= 0.6 is 11.6 Å². The number of rotatable bonds is 3. The summed E-state index contributed by atoms with van der Waals surface area (Å²) < 4.78 is 0. The van der Waals surface area contributed by atoms with Gasteiger partial charge in [0, 0.05) is 19.1 Å². The van der Waals surface area contributed by atoms with Crippen LogP contribution < -0.4 is 10.6 Å². The first-order valence-corrected chi connectivity index (χ1v) is 7.66. The van der Waals surface area contributed by atoms with Crippen molar-refractivity contribution < 1.29 is 0 Å². The summed E-state index contributed by atoms with van der Waals surface area (Å²) in [7, 11) is 0. The number of hydrogen-bond donors (Lipinski definition) is 1. The Morgan fingerprint density at radius 2 is 1.84 bits per heavy atom. The number of benzene rings is 1. The van der Waals surface area contributed by atoms with E-state index >= 15 is 0 Å². The van der Waals surface area contributed by atoms with Crippen LogP contribution in [0.1, 0.15) is 45.2 Å². The molecule has 19 heavy (non-hydrogen) atoms. The maximum Gasteiger partial charge on any atom is 0.0642 e. The third-order valence-corrected chi connectivity index (χ3v) is 4.62. The van der Waals surface area contributed by atoms with Gasteiger partial charge in [0.05, 0.1) is 10.7 Å². The Kier molecular flexibility index (Phi) is 4.75. The SMILES string of the molecule is CC(N)c1ccc(N2CCC(C(C)C)CC2)c(Cl)c1. The summed E-state index contributed by atoms with van der Waals surface area (Å²) in [4.78, 5) is 2.41. The van der Waals surface area contributed by atoms with Crippen LogP contribution in [0.2, 0.25) is 5.02 Å². The van der Waals surface area contributed by atoms with Gasteiger partial charge in [0.15, 0.2) is 0 Å². The van der Waals surface area contributed by atoms with Gasteiger partial charge in [-0.15, -0.1) is 0 Å². The summed E-state index contributed by atoms with van der Waals surface area (Å²) in [5.41, 5.74) is 8.15. The minimum absolute atomic E-state index is 0.0400. The zero-order chi connectivity index (χ0) is 14.0. The molecule has 0 saturated carbocycles. The Labute approximate surface area is 121 Å². The van der Waals surface area contributed by atoms with Crippen LogP contribution in [0.5, 0.6) is 0 Å². The lowest BCUT2D eigenvalue weighted by molar-refractivity contribution is 0.311. The molecule has 0 amide bonds. The quantitative estimate of drug-likeness (QED) is 0.898. The highest BCUT2D eigenvalue weighted by molar-refractivity contribution is 6.33. The van der Waals surface area contributed by atoms with E-state index in [-0.39, 0.29) is 6.04 Å². The third-order valence-electron chi connectivity index (χ3n) is 4.32. The van der Waals surface area contributed by atoms with Crippen molar-refractivity contribution in [1.82, 2.24) is 0 Å². The monoisotopic (exact) mass is 280 g/mol. The van der Waals surface area contributed by atoms with Crippen LogP contribution in [0.3, 0.4) is 0 Å². The molecule has 0 bridgehead atoms. The molecule has 1 heterocycles. The van der Waals surface area contributed by atoms with E-state index in [0.29, 0.717) is 0 Å². The zero-order valence-electron chi connectivity index (χ0n) is 12.2. The predicted octanol–water partition coefficient (Wildman–Crippen LogP) is 4.23. The summed E-state index contributed by atoms with van der Waals surface area (Å²) in [5.74, 6) is 1.65. The summed E-state index contributed by atoms with van der Waals surface area (Å²) in [6.07, 6.45) is 2.53. The number of anilines is 1. The average Bonchev–Trinajstić information content (AvgIpc) is 2.38. The number of nitrogens with zero attached hydrogens (tertiary/aromatic N) is 1. The van der Waals surface area contributed by atoms with Crippen LogP contribution in [0.4, 0.5) is 5.69 Å². The van der Waals surface area contributed by atoms with Gasteiger partial charge in [-0.25, -0.2) is 0 Å². The van der Waals surface area contributed by atoms with E-state index in [4.69, 9.17) is 17.3 Å². The number of nitrogens with two attached hydrogens (primary N) is 1. The second-order valence-electron chi connectivity index (χ2n) is 6.07. The second kappa shape index (κ2) is 6.15. The van der Waals surface area contributed by atoms with Crippen molar-refractivity contribution in [2.24, 2.45) is 17.6 Å². The fourth-order valence-corrected chi connectivity index (χ4v) is 3.18. The van der Waals surface area contributed by atoms with Crippen LogP contribution in [-0.4, -0.2) is 13.1 Å². The van der Waals surface area contributed by atoms with Crippen LogP contribution in [0.15, 0.2) is 18.2 Å². The lowest BCUT2D eigenvalue weighted by atomic mass is 9.86. The van der Waals surface area contributed by atoms with Crippen molar-refractivity contribution >= 4 is 17.3 Å².